The van der Waals surface area contributed by atoms with Crippen molar-refractivity contribution in [1.82, 2.24) is 0 Å². The van der Waals surface area contributed by atoms with Gasteiger partial charge in [-0.05, 0) is 42.0 Å². The molecule has 0 saturated heterocycles. The molecule has 0 fully saturated rings. The number of methoxy groups -OCH3 is 1. The Bertz CT molecular complexity index is 512. The number of rotatable bonds is 4. The molecule has 0 aliphatic heterocycles. The van der Waals surface area contributed by atoms with E-state index in [1.165, 1.54) is 0 Å². The highest BCUT2D eigenvalue weighted by molar-refractivity contribution is 5.67. The lowest BCUT2D eigenvalue weighted by Crippen LogP contribution is -2.13. The summed E-state index contributed by atoms with van der Waals surface area (Å²) in [5, 5.41) is 0. The molecule has 0 aliphatic rings. The molecule has 0 bridgehead atoms. The zero-order valence-corrected chi connectivity index (χ0v) is 11.0. The van der Waals surface area contributed by atoms with Crippen molar-refractivity contribution >= 4 is 6.16 Å². The number of hydrogen-bond donors (Lipinski definition) is 1. The topological polar surface area (TPSA) is 70.8 Å². The van der Waals surface area contributed by atoms with Gasteiger partial charge in [-0.2, -0.15) is 0 Å². The van der Waals surface area contributed by atoms with Gasteiger partial charge in [0.1, 0.15) is 17.2 Å². The van der Waals surface area contributed by atoms with Crippen LogP contribution in [-0.2, 0) is 6.54 Å². The van der Waals surface area contributed by atoms with Crippen molar-refractivity contribution in [3.05, 3.63) is 54.1 Å². The second-order valence-electron chi connectivity index (χ2n) is 3.98. The lowest BCUT2D eigenvalue weighted by atomic mass is 10.2. The van der Waals surface area contributed by atoms with Crippen LogP contribution >= 0.6 is 0 Å². The largest absolute Gasteiger partial charge is 0.519 e. The van der Waals surface area contributed by atoms with Crippen molar-refractivity contribution in [2.24, 2.45) is 5.73 Å². The van der Waals surface area contributed by atoms with E-state index in [1.54, 1.807) is 55.6 Å². The van der Waals surface area contributed by atoms with Gasteiger partial charge in [0.05, 0.1) is 7.11 Å². The predicted molar refractivity (Wildman–Crippen MR) is 74.0 cm³/mol. The van der Waals surface area contributed by atoms with E-state index in [-0.39, 0.29) is 0 Å². The smallest absolute Gasteiger partial charge is 0.497 e. The monoisotopic (exact) mass is 273 g/mol. The van der Waals surface area contributed by atoms with E-state index in [4.69, 9.17) is 19.9 Å². The fourth-order valence-electron chi connectivity index (χ4n) is 1.55. The summed E-state index contributed by atoms with van der Waals surface area (Å²) in [5.74, 6) is 1.47. The van der Waals surface area contributed by atoms with Crippen LogP contribution in [0.15, 0.2) is 48.5 Å². The molecule has 2 aromatic rings. The first-order valence-corrected chi connectivity index (χ1v) is 6.04. The first kappa shape index (κ1) is 13.9. The van der Waals surface area contributed by atoms with E-state index < -0.39 is 6.16 Å². The number of nitrogens with two attached hydrogens (primary N) is 1. The van der Waals surface area contributed by atoms with Crippen molar-refractivity contribution in [3.8, 4) is 17.2 Å². The van der Waals surface area contributed by atoms with Gasteiger partial charge in [0.25, 0.3) is 0 Å². The predicted octanol–water partition coefficient (Wildman–Crippen LogP) is 2.73. The van der Waals surface area contributed by atoms with E-state index in [2.05, 4.69) is 0 Å². The van der Waals surface area contributed by atoms with Crippen LogP contribution in [0.2, 0.25) is 0 Å². The number of carbonyl (C=O) groups is 1. The molecule has 2 aromatic carbocycles. The number of ether oxygens (including phenoxy) is 3. The first-order valence-electron chi connectivity index (χ1n) is 6.04. The Kier molecular flexibility index (Phi) is 4.57. The van der Waals surface area contributed by atoms with Crippen LogP contribution in [0.25, 0.3) is 0 Å². The van der Waals surface area contributed by atoms with Crippen LogP contribution in [0, 0.1) is 0 Å². The van der Waals surface area contributed by atoms with Crippen LogP contribution < -0.4 is 19.9 Å². The zero-order chi connectivity index (χ0) is 14.4. The summed E-state index contributed by atoms with van der Waals surface area (Å²) in [7, 11) is 1.56. The van der Waals surface area contributed by atoms with Gasteiger partial charge < -0.3 is 19.9 Å². The van der Waals surface area contributed by atoms with E-state index in [1.807, 2.05) is 0 Å². The Labute approximate surface area is 116 Å². The van der Waals surface area contributed by atoms with Crippen molar-refractivity contribution < 1.29 is 19.0 Å². The molecule has 20 heavy (non-hydrogen) atoms. The Morgan fingerprint density at radius 1 is 0.900 bits per heavy atom. The molecular weight excluding hydrogens is 258 g/mol. The Morgan fingerprint density at radius 3 is 1.80 bits per heavy atom. The maximum Gasteiger partial charge on any atom is 0.519 e. The van der Waals surface area contributed by atoms with Gasteiger partial charge in [0.2, 0.25) is 0 Å². The minimum atomic E-state index is -0.796. The number of benzene rings is 2. The van der Waals surface area contributed by atoms with E-state index in [0.717, 1.165) is 5.56 Å². The van der Waals surface area contributed by atoms with Gasteiger partial charge in [-0.3, -0.25) is 0 Å². The first-order chi connectivity index (χ1) is 9.71. The molecule has 0 unspecified atom stereocenters. The summed E-state index contributed by atoms with van der Waals surface area (Å²) in [6.07, 6.45) is -0.796. The summed E-state index contributed by atoms with van der Waals surface area (Å²) < 4.78 is 15.1. The van der Waals surface area contributed by atoms with Gasteiger partial charge in [-0.1, -0.05) is 12.1 Å². The molecule has 0 saturated carbocycles. The maximum absolute atomic E-state index is 11.6. The quantitative estimate of drug-likeness (QED) is 0.685. The standard InChI is InChI=1S/C15H15NO4/c1-18-12-6-8-14(9-7-12)20-15(17)19-13-4-2-11(10-16)3-5-13/h2-9H,10,16H2,1H3. The highest BCUT2D eigenvalue weighted by atomic mass is 16.7. The third-order valence-electron chi connectivity index (χ3n) is 2.62. The van der Waals surface area contributed by atoms with Crippen LogP contribution in [0.5, 0.6) is 17.2 Å². The van der Waals surface area contributed by atoms with Crippen molar-refractivity contribution in [3.63, 3.8) is 0 Å². The lowest BCUT2D eigenvalue weighted by Gasteiger charge is -2.06. The summed E-state index contributed by atoms with van der Waals surface area (Å²) in [6, 6.07) is 13.5. The van der Waals surface area contributed by atoms with Crippen LogP contribution in [-0.4, -0.2) is 13.3 Å². The lowest BCUT2D eigenvalue weighted by molar-refractivity contribution is 0.152. The molecule has 2 N–H and O–H groups in total. The molecule has 104 valence electrons. The van der Waals surface area contributed by atoms with Gasteiger partial charge in [0.15, 0.2) is 0 Å². The van der Waals surface area contributed by atoms with E-state index in [0.29, 0.717) is 23.8 Å². The van der Waals surface area contributed by atoms with E-state index >= 15 is 0 Å². The van der Waals surface area contributed by atoms with Crippen LogP contribution in [0.3, 0.4) is 0 Å². The Hall–Kier alpha value is -2.53. The van der Waals surface area contributed by atoms with E-state index in [9.17, 15) is 4.79 Å². The molecular formula is C15H15NO4. The summed E-state index contributed by atoms with van der Waals surface area (Å²) in [4.78, 5) is 11.6. The van der Waals surface area contributed by atoms with Gasteiger partial charge in [-0.25, -0.2) is 4.79 Å². The Morgan fingerprint density at radius 2 is 1.35 bits per heavy atom. The average Bonchev–Trinajstić information content (AvgIpc) is 2.49. The SMILES string of the molecule is COc1ccc(OC(=O)Oc2ccc(CN)cc2)cc1. The van der Waals surface area contributed by atoms with Crippen molar-refractivity contribution in [1.29, 1.82) is 0 Å². The highest BCUT2D eigenvalue weighted by Gasteiger charge is 2.08. The summed E-state index contributed by atoms with van der Waals surface area (Å²) in [6.45, 7) is 0.441. The third kappa shape index (κ3) is 3.73. The van der Waals surface area contributed by atoms with Gasteiger partial charge in [-0.15, -0.1) is 0 Å². The molecule has 0 aliphatic carbocycles. The van der Waals surface area contributed by atoms with Crippen LogP contribution in [0.1, 0.15) is 5.56 Å². The summed E-state index contributed by atoms with van der Waals surface area (Å²) in [5.41, 5.74) is 6.44. The van der Waals surface area contributed by atoms with Gasteiger partial charge in [0, 0.05) is 6.54 Å². The number of carbonyl (C=O) groups excluding carboxylic acids is 1. The number of hydrogen-bond acceptors (Lipinski definition) is 5. The zero-order valence-electron chi connectivity index (χ0n) is 11.0. The second kappa shape index (κ2) is 6.58. The highest BCUT2D eigenvalue weighted by Crippen LogP contribution is 2.18. The molecule has 0 radical (unpaired) electrons. The molecule has 5 nitrogen and oxygen atoms in total. The molecule has 2 rings (SSSR count). The minimum absolute atomic E-state index is 0.384. The fourth-order valence-corrected chi connectivity index (χ4v) is 1.55. The average molecular weight is 273 g/mol. The van der Waals surface area contributed by atoms with Gasteiger partial charge >= 0.3 is 6.16 Å². The molecule has 0 amide bonds. The molecule has 0 atom stereocenters. The van der Waals surface area contributed by atoms with Crippen LogP contribution in [0.4, 0.5) is 4.79 Å². The summed E-state index contributed by atoms with van der Waals surface area (Å²) >= 11 is 0. The maximum atomic E-state index is 11.6. The normalized spacial score (nSPS) is 9.90. The third-order valence-corrected chi connectivity index (χ3v) is 2.62. The Balaban J connectivity index is 1.93. The molecule has 0 spiro atoms. The fraction of sp³-hybridized carbons (Fsp3) is 0.133. The van der Waals surface area contributed by atoms with Crippen molar-refractivity contribution in [2.45, 2.75) is 6.54 Å². The minimum Gasteiger partial charge on any atom is -0.497 e. The second-order valence-corrected chi connectivity index (χ2v) is 3.98. The van der Waals surface area contributed by atoms with Crippen molar-refractivity contribution in [2.75, 3.05) is 7.11 Å². The molecule has 0 aromatic heterocycles. The molecule has 0 heterocycles. The molecule has 5 heteroatoms.